The molecular weight excluding hydrogens is 399 g/mol. The first-order chi connectivity index (χ1) is 9.83. The van der Waals surface area contributed by atoms with Gasteiger partial charge in [-0.15, -0.1) is 0 Å². The lowest BCUT2D eigenvalue weighted by Crippen LogP contribution is -2.13. The second-order valence-corrected chi connectivity index (χ2v) is 7.37. The third-order valence-electron chi connectivity index (χ3n) is 2.53. The van der Waals surface area contributed by atoms with Gasteiger partial charge in [-0.05, 0) is 36.4 Å². The smallest absolute Gasteiger partial charge is 0.263 e. The van der Waals surface area contributed by atoms with E-state index in [0.29, 0.717) is 4.47 Å². The van der Waals surface area contributed by atoms with Crippen molar-refractivity contribution in [1.82, 2.24) is 0 Å². The Hall–Kier alpha value is -1.26. The third kappa shape index (κ3) is 3.69. The van der Waals surface area contributed by atoms with E-state index in [9.17, 15) is 8.42 Å². The number of nitriles is 1. The number of halogens is 3. The second-order valence-electron chi connectivity index (χ2n) is 3.99. The SMILES string of the molecule is N#Cc1ccc(NS(=O)(=O)c2ccc(Br)cc2Cl)cc1Cl. The van der Waals surface area contributed by atoms with Crippen LogP contribution in [0.1, 0.15) is 5.56 Å². The summed E-state index contributed by atoms with van der Waals surface area (Å²) in [6.07, 6.45) is 0. The lowest BCUT2D eigenvalue weighted by atomic mass is 10.2. The molecule has 8 heteroatoms. The zero-order valence-corrected chi connectivity index (χ0v) is 14.2. The molecule has 0 saturated carbocycles. The summed E-state index contributed by atoms with van der Waals surface area (Å²) in [7, 11) is -3.84. The van der Waals surface area contributed by atoms with Crippen molar-refractivity contribution in [3.05, 3.63) is 56.5 Å². The van der Waals surface area contributed by atoms with Crippen molar-refractivity contribution in [1.29, 1.82) is 5.26 Å². The molecule has 0 spiro atoms. The summed E-state index contributed by atoms with van der Waals surface area (Å²) in [6.45, 7) is 0. The quantitative estimate of drug-likeness (QED) is 0.820. The first kappa shape index (κ1) is 16.1. The molecule has 108 valence electrons. The van der Waals surface area contributed by atoms with Gasteiger partial charge in [-0.3, -0.25) is 4.72 Å². The van der Waals surface area contributed by atoms with E-state index in [-0.39, 0.29) is 26.2 Å². The monoisotopic (exact) mass is 404 g/mol. The Labute approximate surface area is 140 Å². The molecule has 0 aliphatic heterocycles. The van der Waals surface area contributed by atoms with Gasteiger partial charge in [0, 0.05) is 4.47 Å². The van der Waals surface area contributed by atoms with Gasteiger partial charge in [0.2, 0.25) is 0 Å². The molecule has 2 rings (SSSR count). The molecule has 0 aliphatic rings. The molecule has 0 amide bonds. The number of anilines is 1. The van der Waals surface area contributed by atoms with Gasteiger partial charge in [-0.2, -0.15) is 5.26 Å². The van der Waals surface area contributed by atoms with E-state index in [2.05, 4.69) is 20.7 Å². The van der Waals surface area contributed by atoms with E-state index in [1.54, 1.807) is 6.07 Å². The summed E-state index contributed by atoms with van der Waals surface area (Å²) >= 11 is 15.0. The molecule has 0 fully saturated rings. The van der Waals surface area contributed by atoms with Gasteiger partial charge in [-0.1, -0.05) is 39.1 Å². The summed E-state index contributed by atoms with van der Waals surface area (Å²) in [4.78, 5) is -0.0483. The van der Waals surface area contributed by atoms with Gasteiger partial charge in [0.15, 0.2) is 0 Å². The Kier molecular flexibility index (Phi) is 4.79. The van der Waals surface area contributed by atoms with Gasteiger partial charge in [0.05, 0.1) is 21.3 Å². The highest BCUT2D eigenvalue weighted by molar-refractivity contribution is 9.10. The van der Waals surface area contributed by atoms with E-state index < -0.39 is 10.0 Å². The van der Waals surface area contributed by atoms with Crippen molar-refractivity contribution in [2.24, 2.45) is 0 Å². The number of nitrogens with one attached hydrogen (secondary N) is 1. The number of hydrogen-bond acceptors (Lipinski definition) is 3. The van der Waals surface area contributed by atoms with Crippen LogP contribution in [0.5, 0.6) is 0 Å². The van der Waals surface area contributed by atoms with Gasteiger partial charge in [0.25, 0.3) is 10.0 Å². The molecule has 0 saturated heterocycles. The van der Waals surface area contributed by atoms with E-state index in [1.165, 1.54) is 30.3 Å². The van der Waals surface area contributed by atoms with Crippen LogP contribution >= 0.6 is 39.1 Å². The van der Waals surface area contributed by atoms with E-state index in [0.717, 1.165) is 0 Å². The van der Waals surface area contributed by atoms with Crippen molar-refractivity contribution < 1.29 is 8.42 Å². The van der Waals surface area contributed by atoms with E-state index >= 15 is 0 Å². The Morgan fingerprint density at radius 1 is 1.10 bits per heavy atom. The van der Waals surface area contributed by atoms with Crippen molar-refractivity contribution in [2.45, 2.75) is 4.90 Å². The molecule has 21 heavy (non-hydrogen) atoms. The first-order valence-corrected chi connectivity index (χ1v) is 8.54. The molecule has 0 unspecified atom stereocenters. The molecule has 0 radical (unpaired) electrons. The normalized spacial score (nSPS) is 11.0. The van der Waals surface area contributed by atoms with Crippen LogP contribution in [0.3, 0.4) is 0 Å². The lowest BCUT2D eigenvalue weighted by molar-refractivity contribution is 0.601. The largest absolute Gasteiger partial charge is 0.280 e. The van der Waals surface area contributed by atoms with Crippen molar-refractivity contribution in [3.63, 3.8) is 0 Å². The summed E-state index contributed by atoms with van der Waals surface area (Å²) in [5.74, 6) is 0. The maximum absolute atomic E-state index is 12.3. The van der Waals surface area contributed by atoms with Crippen LogP contribution in [0.4, 0.5) is 5.69 Å². The van der Waals surface area contributed by atoms with Crippen LogP contribution in [0.15, 0.2) is 45.8 Å². The second kappa shape index (κ2) is 6.24. The fourth-order valence-electron chi connectivity index (χ4n) is 1.57. The van der Waals surface area contributed by atoms with Gasteiger partial charge >= 0.3 is 0 Å². The molecule has 4 nitrogen and oxygen atoms in total. The number of hydrogen-bond donors (Lipinski definition) is 1. The molecule has 0 atom stereocenters. The molecule has 0 heterocycles. The highest BCUT2D eigenvalue weighted by Crippen LogP contribution is 2.28. The Morgan fingerprint density at radius 3 is 2.38 bits per heavy atom. The predicted octanol–water partition coefficient (Wildman–Crippen LogP) is 4.43. The number of sulfonamides is 1. The molecule has 0 aromatic heterocycles. The van der Waals surface area contributed by atoms with E-state index in [4.69, 9.17) is 28.5 Å². The fraction of sp³-hybridized carbons (Fsp3) is 0. The summed E-state index contributed by atoms with van der Waals surface area (Å²) in [5, 5.41) is 9.05. The van der Waals surface area contributed by atoms with Crippen molar-refractivity contribution in [3.8, 4) is 6.07 Å². The number of benzene rings is 2. The minimum Gasteiger partial charge on any atom is -0.280 e. The average molecular weight is 406 g/mol. The maximum atomic E-state index is 12.3. The predicted molar refractivity (Wildman–Crippen MR) is 86.1 cm³/mol. The summed E-state index contributed by atoms with van der Waals surface area (Å²) < 4.78 is 27.6. The Bertz CT molecular complexity index is 848. The first-order valence-electron chi connectivity index (χ1n) is 5.51. The minimum absolute atomic E-state index is 0.0483. The average Bonchev–Trinajstić information content (AvgIpc) is 2.37. The Morgan fingerprint density at radius 2 is 1.81 bits per heavy atom. The maximum Gasteiger partial charge on any atom is 0.263 e. The molecule has 0 aliphatic carbocycles. The van der Waals surface area contributed by atoms with E-state index in [1.807, 2.05) is 6.07 Å². The van der Waals surface area contributed by atoms with Crippen molar-refractivity contribution >= 4 is 54.8 Å². The van der Waals surface area contributed by atoms with Crippen LogP contribution in [-0.4, -0.2) is 8.42 Å². The number of nitrogens with zero attached hydrogens (tertiary/aromatic N) is 1. The highest BCUT2D eigenvalue weighted by atomic mass is 79.9. The zero-order chi connectivity index (χ0) is 15.6. The highest BCUT2D eigenvalue weighted by Gasteiger charge is 2.18. The van der Waals surface area contributed by atoms with Gasteiger partial charge in [-0.25, -0.2) is 8.42 Å². The topological polar surface area (TPSA) is 70.0 Å². The lowest BCUT2D eigenvalue weighted by Gasteiger charge is -2.10. The molecule has 2 aromatic carbocycles. The molecule has 0 bridgehead atoms. The Balaban J connectivity index is 2.38. The van der Waals surface area contributed by atoms with Crippen LogP contribution in [0.2, 0.25) is 10.0 Å². The molecule has 1 N–H and O–H groups in total. The van der Waals surface area contributed by atoms with Crippen molar-refractivity contribution in [2.75, 3.05) is 4.72 Å². The van der Waals surface area contributed by atoms with Crippen LogP contribution in [0.25, 0.3) is 0 Å². The van der Waals surface area contributed by atoms with Crippen LogP contribution in [-0.2, 0) is 10.0 Å². The fourth-order valence-corrected chi connectivity index (χ4v) is 3.88. The number of rotatable bonds is 3. The third-order valence-corrected chi connectivity index (χ3v) is 5.20. The standard InChI is InChI=1S/C13H7BrCl2N2O2S/c14-9-2-4-13(12(16)5-9)21(19,20)18-10-3-1-8(7-17)11(15)6-10/h1-6,18H. The zero-order valence-electron chi connectivity index (χ0n) is 10.3. The molecular formula is C13H7BrCl2N2O2S. The molecule has 2 aromatic rings. The summed E-state index contributed by atoms with van der Waals surface area (Å²) in [6, 6.07) is 10.6. The summed E-state index contributed by atoms with van der Waals surface area (Å²) in [5.41, 5.74) is 0.513. The van der Waals surface area contributed by atoms with Gasteiger partial charge in [0.1, 0.15) is 11.0 Å². The minimum atomic E-state index is -3.84. The van der Waals surface area contributed by atoms with Gasteiger partial charge < -0.3 is 0 Å². The van der Waals surface area contributed by atoms with Crippen LogP contribution < -0.4 is 4.72 Å². The van der Waals surface area contributed by atoms with Crippen LogP contribution in [0, 0.1) is 11.3 Å².